The number of carbonyl (C=O) groups is 2. The lowest BCUT2D eigenvalue weighted by molar-refractivity contribution is -0.120. The average molecular weight is 433 g/mol. The van der Waals surface area contributed by atoms with E-state index in [1.807, 2.05) is 0 Å². The van der Waals surface area contributed by atoms with E-state index in [4.69, 9.17) is 4.74 Å². The van der Waals surface area contributed by atoms with E-state index in [1.54, 1.807) is 11.8 Å². The summed E-state index contributed by atoms with van der Waals surface area (Å²) in [7, 11) is 0. The van der Waals surface area contributed by atoms with Gasteiger partial charge in [0.1, 0.15) is 11.6 Å². The number of hydrogen-bond acceptors (Lipinski definition) is 5. The fourth-order valence-electron chi connectivity index (χ4n) is 4.13. The van der Waals surface area contributed by atoms with Gasteiger partial charge in [-0.3, -0.25) is 14.4 Å². The van der Waals surface area contributed by atoms with Gasteiger partial charge < -0.3 is 24.6 Å². The number of nitrogens with one attached hydrogen (secondary N) is 1. The number of fused-ring (bicyclic) bond motifs is 3. The van der Waals surface area contributed by atoms with Crippen molar-refractivity contribution in [1.29, 1.82) is 0 Å². The number of pyridine rings is 1. The molecule has 4 rings (SSSR count). The maximum absolute atomic E-state index is 13.7. The number of benzene rings is 1. The highest BCUT2D eigenvalue weighted by atomic mass is 19.1. The fraction of sp³-hybridized carbons (Fsp3) is 0.381. The number of hydrogen-bond donors (Lipinski definition) is 2. The van der Waals surface area contributed by atoms with E-state index in [0.29, 0.717) is 25.8 Å². The Morgan fingerprint density at radius 2 is 1.97 bits per heavy atom. The average Bonchev–Trinajstić information content (AvgIpc) is 3.21. The van der Waals surface area contributed by atoms with E-state index in [-0.39, 0.29) is 41.9 Å². The van der Waals surface area contributed by atoms with Crippen LogP contribution in [0.5, 0.6) is 5.75 Å². The maximum atomic E-state index is 13.7. The Bertz CT molecular complexity index is 1120. The van der Waals surface area contributed by atoms with Gasteiger partial charge in [-0.2, -0.15) is 0 Å². The van der Waals surface area contributed by atoms with Crippen molar-refractivity contribution in [3.63, 3.8) is 0 Å². The zero-order chi connectivity index (χ0) is 22.3. The molecule has 1 aromatic carbocycles. The van der Waals surface area contributed by atoms with E-state index in [2.05, 4.69) is 5.32 Å². The van der Waals surface area contributed by atoms with Crippen LogP contribution in [0.3, 0.4) is 0 Å². The third-order valence-corrected chi connectivity index (χ3v) is 5.71. The van der Waals surface area contributed by atoms with Crippen LogP contribution in [-0.2, 0) is 22.5 Å². The van der Waals surface area contributed by atoms with Gasteiger partial charge >= 0.3 is 0 Å². The molecule has 2 amide bonds. The van der Waals surface area contributed by atoms with Gasteiger partial charge in [0.05, 0.1) is 31.7 Å². The molecule has 2 atom stereocenters. The zero-order valence-corrected chi connectivity index (χ0v) is 16.7. The summed E-state index contributed by atoms with van der Waals surface area (Å²) in [6.45, 7) is 2.67. The van der Waals surface area contributed by atoms with Crippen LogP contribution in [0.25, 0.3) is 0 Å². The molecule has 1 fully saturated rings. The summed E-state index contributed by atoms with van der Waals surface area (Å²) >= 11 is 0. The quantitative estimate of drug-likeness (QED) is 0.736. The highest BCUT2D eigenvalue weighted by molar-refractivity contribution is 5.96. The number of ether oxygens (including phenoxy) is 1. The van der Waals surface area contributed by atoms with Crippen molar-refractivity contribution in [3.05, 3.63) is 63.1 Å². The lowest BCUT2D eigenvalue weighted by Crippen LogP contribution is -2.51. The number of nitrogens with zero attached hydrogens (tertiary/aromatic N) is 2. The Labute approximate surface area is 176 Å². The number of rotatable bonds is 5. The molecule has 164 valence electrons. The van der Waals surface area contributed by atoms with E-state index in [1.165, 1.54) is 16.8 Å². The molecule has 1 saturated heterocycles. The molecular weight excluding hydrogens is 412 g/mol. The van der Waals surface area contributed by atoms with Crippen LogP contribution in [0.2, 0.25) is 0 Å². The summed E-state index contributed by atoms with van der Waals surface area (Å²) < 4.78 is 33.8. The molecule has 31 heavy (non-hydrogen) atoms. The Morgan fingerprint density at radius 1 is 1.23 bits per heavy atom. The van der Waals surface area contributed by atoms with Crippen LogP contribution in [-0.4, -0.2) is 52.2 Å². The van der Waals surface area contributed by atoms with Gasteiger partial charge in [0.15, 0.2) is 11.4 Å². The van der Waals surface area contributed by atoms with Crippen molar-refractivity contribution in [3.8, 4) is 5.75 Å². The molecule has 0 unspecified atom stereocenters. The predicted molar refractivity (Wildman–Crippen MR) is 105 cm³/mol. The number of aromatic hydroxyl groups is 1. The lowest BCUT2D eigenvalue weighted by atomic mass is 10.0. The second-order valence-corrected chi connectivity index (χ2v) is 7.54. The summed E-state index contributed by atoms with van der Waals surface area (Å²) in [5.41, 5.74) is -0.829. The minimum absolute atomic E-state index is 0.00160. The van der Waals surface area contributed by atoms with Crippen LogP contribution in [0, 0.1) is 11.6 Å². The molecule has 2 aromatic rings. The summed E-state index contributed by atoms with van der Waals surface area (Å²) in [5, 5.41) is 12.9. The number of halogens is 2. The summed E-state index contributed by atoms with van der Waals surface area (Å²) in [5.74, 6) is -3.28. The molecule has 3 heterocycles. The molecule has 2 N–H and O–H groups in total. The van der Waals surface area contributed by atoms with Gasteiger partial charge in [-0.15, -0.1) is 0 Å². The SMILES string of the molecule is CCN1C(=O)c2c(O)c(=O)c(CC(=O)NCc3ccc(F)cc3F)cn2[C@@H]2COC[C@H]21. The van der Waals surface area contributed by atoms with Gasteiger partial charge in [-0.25, -0.2) is 8.78 Å². The summed E-state index contributed by atoms with van der Waals surface area (Å²) in [4.78, 5) is 39.4. The number of likely N-dealkylation sites (N-methyl/N-ethyl adjacent to an activating group) is 1. The molecule has 8 nitrogen and oxygen atoms in total. The van der Waals surface area contributed by atoms with Crippen molar-refractivity contribution >= 4 is 11.8 Å². The van der Waals surface area contributed by atoms with Crippen LogP contribution in [0.1, 0.15) is 34.6 Å². The largest absolute Gasteiger partial charge is 0.503 e. The molecule has 10 heteroatoms. The van der Waals surface area contributed by atoms with Crippen LogP contribution >= 0.6 is 0 Å². The fourth-order valence-corrected chi connectivity index (χ4v) is 4.13. The standard InChI is InChI=1S/C21H21F2N3O5/c1-2-25-15-9-31-10-16(15)26-8-12(19(28)20(29)18(26)21(25)30)5-17(27)24-7-11-3-4-13(22)6-14(11)23/h3-4,6,8,15-16,29H,2,5,7,9-10H2,1H3,(H,24,27)/t15-,16-/m1/s1. The minimum Gasteiger partial charge on any atom is -0.503 e. The monoisotopic (exact) mass is 433 g/mol. The van der Waals surface area contributed by atoms with Crippen molar-refractivity contribution in [2.24, 2.45) is 0 Å². The smallest absolute Gasteiger partial charge is 0.274 e. The van der Waals surface area contributed by atoms with Gasteiger partial charge in [0.25, 0.3) is 5.91 Å². The highest BCUT2D eigenvalue weighted by Crippen LogP contribution is 2.34. The van der Waals surface area contributed by atoms with Crippen molar-refractivity contribution in [2.45, 2.75) is 32.0 Å². The number of carbonyl (C=O) groups excluding carboxylic acids is 2. The molecule has 1 aromatic heterocycles. The molecule has 0 saturated carbocycles. The molecule has 0 radical (unpaired) electrons. The Balaban J connectivity index is 1.58. The summed E-state index contributed by atoms with van der Waals surface area (Å²) in [6, 6.07) is 2.50. The van der Waals surface area contributed by atoms with Gasteiger partial charge in [0, 0.05) is 36.5 Å². The summed E-state index contributed by atoms with van der Waals surface area (Å²) in [6.07, 6.45) is 1.03. The number of amides is 2. The topological polar surface area (TPSA) is 101 Å². The third kappa shape index (κ3) is 3.67. The van der Waals surface area contributed by atoms with Crippen molar-refractivity contribution in [2.75, 3.05) is 19.8 Å². The minimum atomic E-state index is -0.809. The van der Waals surface area contributed by atoms with Crippen LogP contribution < -0.4 is 10.7 Å². The predicted octanol–water partition coefficient (Wildman–Crippen LogP) is 1.11. The van der Waals surface area contributed by atoms with Crippen molar-refractivity contribution < 1.29 is 28.2 Å². The molecule has 0 aliphatic carbocycles. The van der Waals surface area contributed by atoms with Crippen LogP contribution in [0.4, 0.5) is 8.78 Å². The Morgan fingerprint density at radius 3 is 2.68 bits per heavy atom. The van der Waals surface area contributed by atoms with Gasteiger partial charge in [-0.05, 0) is 13.0 Å². The third-order valence-electron chi connectivity index (χ3n) is 5.71. The maximum Gasteiger partial charge on any atom is 0.274 e. The molecular formula is C21H21F2N3O5. The first-order chi connectivity index (χ1) is 14.8. The molecule has 2 aliphatic rings. The van der Waals surface area contributed by atoms with Gasteiger partial charge in [-0.1, -0.05) is 6.07 Å². The molecule has 0 spiro atoms. The normalized spacial score (nSPS) is 19.8. The van der Waals surface area contributed by atoms with E-state index in [9.17, 15) is 28.3 Å². The second-order valence-electron chi connectivity index (χ2n) is 7.54. The van der Waals surface area contributed by atoms with Crippen molar-refractivity contribution in [1.82, 2.24) is 14.8 Å². The van der Waals surface area contributed by atoms with E-state index in [0.717, 1.165) is 6.07 Å². The first kappa shape index (κ1) is 21.0. The number of aromatic nitrogens is 1. The highest BCUT2D eigenvalue weighted by Gasteiger charge is 2.44. The second kappa shape index (κ2) is 8.10. The lowest BCUT2D eigenvalue weighted by Gasteiger charge is -2.38. The van der Waals surface area contributed by atoms with Crippen LogP contribution in [0.15, 0.2) is 29.2 Å². The Hall–Kier alpha value is -3.27. The first-order valence-electron chi connectivity index (χ1n) is 9.88. The molecule has 2 aliphatic heterocycles. The zero-order valence-electron chi connectivity index (χ0n) is 16.7. The Kier molecular flexibility index (Phi) is 5.48. The van der Waals surface area contributed by atoms with Gasteiger partial charge in [0.2, 0.25) is 11.3 Å². The molecule has 0 bridgehead atoms. The van der Waals surface area contributed by atoms with E-state index >= 15 is 0 Å². The van der Waals surface area contributed by atoms with E-state index < -0.39 is 34.6 Å². The first-order valence-corrected chi connectivity index (χ1v) is 9.88.